The summed E-state index contributed by atoms with van der Waals surface area (Å²) in [7, 11) is 3.22. The third-order valence-corrected chi connectivity index (χ3v) is 3.00. The van der Waals surface area contributed by atoms with E-state index in [-0.39, 0.29) is 0 Å². The van der Waals surface area contributed by atoms with Crippen LogP contribution < -0.4 is 20.9 Å². The number of hydrogen-bond donors (Lipinski definition) is 2. The van der Waals surface area contributed by atoms with Crippen LogP contribution in [0, 0.1) is 0 Å². The van der Waals surface area contributed by atoms with Gasteiger partial charge >= 0.3 is 0 Å². The van der Waals surface area contributed by atoms with Crippen molar-refractivity contribution in [2.24, 2.45) is 5.73 Å². The summed E-state index contributed by atoms with van der Waals surface area (Å²) in [5.74, 6) is 1.35. The highest BCUT2D eigenvalue weighted by molar-refractivity contribution is 5.71. The fraction of sp³-hybridized carbons (Fsp3) is 0.200. The summed E-state index contributed by atoms with van der Waals surface area (Å²) in [5, 5.41) is 0. The molecular formula is C15H18N2O2. The third-order valence-electron chi connectivity index (χ3n) is 3.00. The molecule has 0 atom stereocenters. The van der Waals surface area contributed by atoms with Crippen LogP contribution >= 0.6 is 0 Å². The molecule has 0 aliphatic rings. The lowest BCUT2D eigenvalue weighted by Crippen LogP contribution is -2.02. The summed E-state index contributed by atoms with van der Waals surface area (Å²) in [5.41, 5.74) is 15.2. The number of nitrogen functional groups attached to an aromatic ring is 1. The molecule has 0 amide bonds. The second kappa shape index (κ2) is 5.63. The molecule has 2 aromatic carbocycles. The summed E-state index contributed by atoms with van der Waals surface area (Å²) in [6, 6.07) is 11.6. The Labute approximate surface area is 112 Å². The molecule has 2 aromatic rings. The number of anilines is 1. The van der Waals surface area contributed by atoms with E-state index >= 15 is 0 Å². The quantitative estimate of drug-likeness (QED) is 0.826. The lowest BCUT2D eigenvalue weighted by atomic mass is 10.0. The summed E-state index contributed by atoms with van der Waals surface area (Å²) in [6.45, 7) is 0.385. The van der Waals surface area contributed by atoms with Gasteiger partial charge in [0.05, 0.1) is 14.2 Å². The van der Waals surface area contributed by atoms with Crippen molar-refractivity contribution in [3.8, 4) is 22.6 Å². The summed E-state index contributed by atoms with van der Waals surface area (Å²) < 4.78 is 10.7. The first-order valence-electron chi connectivity index (χ1n) is 6.00. The number of methoxy groups -OCH3 is 2. The molecule has 0 bridgehead atoms. The molecule has 100 valence electrons. The molecule has 0 saturated carbocycles. The molecule has 4 heteroatoms. The zero-order valence-electron chi connectivity index (χ0n) is 11.1. The van der Waals surface area contributed by atoms with E-state index in [0.29, 0.717) is 18.0 Å². The van der Waals surface area contributed by atoms with Gasteiger partial charge in [0.1, 0.15) is 0 Å². The van der Waals surface area contributed by atoms with Crippen molar-refractivity contribution in [1.29, 1.82) is 0 Å². The Morgan fingerprint density at radius 1 is 1.00 bits per heavy atom. The smallest absolute Gasteiger partial charge is 0.165 e. The Morgan fingerprint density at radius 3 is 2.37 bits per heavy atom. The van der Waals surface area contributed by atoms with Crippen LogP contribution in [0.2, 0.25) is 0 Å². The highest BCUT2D eigenvalue weighted by Gasteiger charge is 2.12. The van der Waals surface area contributed by atoms with Crippen molar-refractivity contribution >= 4 is 5.69 Å². The Balaban J connectivity index is 2.59. The third kappa shape index (κ3) is 2.63. The molecule has 19 heavy (non-hydrogen) atoms. The molecule has 0 heterocycles. The van der Waals surface area contributed by atoms with Gasteiger partial charge in [-0.3, -0.25) is 0 Å². The summed E-state index contributed by atoms with van der Waals surface area (Å²) in [6.07, 6.45) is 0. The van der Waals surface area contributed by atoms with E-state index in [1.165, 1.54) is 0 Å². The Morgan fingerprint density at radius 2 is 1.79 bits per heavy atom. The van der Waals surface area contributed by atoms with Gasteiger partial charge in [0.15, 0.2) is 11.5 Å². The fourth-order valence-corrected chi connectivity index (χ4v) is 2.08. The highest BCUT2D eigenvalue weighted by Crippen LogP contribution is 2.36. The van der Waals surface area contributed by atoms with Crippen molar-refractivity contribution in [2.75, 3.05) is 20.0 Å². The topological polar surface area (TPSA) is 70.5 Å². The van der Waals surface area contributed by atoms with Gasteiger partial charge in [-0.05, 0) is 35.4 Å². The average Bonchev–Trinajstić information content (AvgIpc) is 2.45. The number of benzene rings is 2. The van der Waals surface area contributed by atoms with Gasteiger partial charge < -0.3 is 20.9 Å². The van der Waals surface area contributed by atoms with Crippen LogP contribution in [-0.2, 0) is 6.54 Å². The first-order chi connectivity index (χ1) is 9.19. The van der Waals surface area contributed by atoms with Crippen LogP contribution in [0.1, 0.15) is 5.56 Å². The van der Waals surface area contributed by atoms with Crippen LogP contribution in [0.25, 0.3) is 11.1 Å². The number of rotatable bonds is 4. The zero-order valence-corrected chi connectivity index (χ0v) is 11.1. The Kier molecular flexibility index (Phi) is 3.92. The highest BCUT2D eigenvalue weighted by atomic mass is 16.5. The van der Waals surface area contributed by atoms with Crippen LogP contribution in [0.15, 0.2) is 36.4 Å². The SMILES string of the molecule is COc1cc(-c2cccc(N)c2)cc(CN)c1OC. The monoisotopic (exact) mass is 258 g/mol. The van der Waals surface area contributed by atoms with Gasteiger partial charge in [0.25, 0.3) is 0 Å². The Bertz CT molecular complexity index is 557. The van der Waals surface area contributed by atoms with Crippen LogP contribution in [0.3, 0.4) is 0 Å². The number of nitrogens with two attached hydrogens (primary N) is 2. The predicted molar refractivity (Wildman–Crippen MR) is 77.3 cm³/mol. The first-order valence-corrected chi connectivity index (χ1v) is 6.00. The minimum absolute atomic E-state index is 0.385. The molecule has 0 spiro atoms. The van der Waals surface area contributed by atoms with Gasteiger partial charge in [-0.15, -0.1) is 0 Å². The number of ether oxygens (including phenoxy) is 2. The molecule has 0 radical (unpaired) electrons. The lowest BCUT2D eigenvalue weighted by Gasteiger charge is -2.14. The summed E-state index contributed by atoms with van der Waals surface area (Å²) in [4.78, 5) is 0. The van der Waals surface area contributed by atoms with Gasteiger partial charge in [-0.25, -0.2) is 0 Å². The molecule has 2 rings (SSSR count). The van der Waals surface area contributed by atoms with E-state index in [0.717, 1.165) is 22.4 Å². The van der Waals surface area contributed by atoms with E-state index in [9.17, 15) is 0 Å². The maximum atomic E-state index is 5.81. The zero-order chi connectivity index (χ0) is 13.8. The van der Waals surface area contributed by atoms with E-state index < -0.39 is 0 Å². The van der Waals surface area contributed by atoms with Crippen LogP contribution in [0.5, 0.6) is 11.5 Å². The molecule has 0 fully saturated rings. The van der Waals surface area contributed by atoms with Crippen molar-refractivity contribution in [2.45, 2.75) is 6.54 Å². The van der Waals surface area contributed by atoms with Gasteiger partial charge in [0, 0.05) is 17.8 Å². The molecule has 0 aliphatic carbocycles. The standard InChI is InChI=1S/C15H18N2O2/c1-18-14-8-11(6-12(9-16)15(14)19-2)10-4-3-5-13(17)7-10/h3-8H,9,16-17H2,1-2H3. The molecular weight excluding hydrogens is 240 g/mol. The largest absolute Gasteiger partial charge is 0.493 e. The molecule has 0 aliphatic heterocycles. The van der Waals surface area contributed by atoms with Crippen LogP contribution in [-0.4, -0.2) is 14.2 Å². The fourth-order valence-electron chi connectivity index (χ4n) is 2.08. The molecule has 0 aromatic heterocycles. The van der Waals surface area contributed by atoms with E-state index in [1.54, 1.807) is 14.2 Å². The van der Waals surface area contributed by atoms with Gasteiger partial charge in [0.2, 0.25) is 0 Å². The summed E-state index contributed by atoms with van der Waals surface area (Å²) >= 11 is 0. The van der Waals surface area contributed by atoms with Gasteiger partial charge in [-0.2, -0.15) is 0 Å². The maximum Gasteiger partial charge on any atom is 0.165 e. The van der Waals surface area contributed by atoms with Crippen LogP contribution in [0.4, 0.5) is 5.69 Å². The van der Waals surface area contributed by atoms with E-state index in [1.807, 2.05) is 36.4 Å². The van der Waals surface area contributed by atoms with Crippen molar-refractivity contribution in [3.63, 3.8) is 0 Å². The predicted octanol–water partition coefficient (Wildman–Crippen LogP) is 2.41. The Hall–Kier alpha value is -2.20. The molecule has 0 saturated heterocycles. The maximum absolute atomic E-state index is 5.81. The van der Waals surface area contributed by atoms with Gasteiger partial charge in [-0.1, -0.05) is 12.1 Å². The normalized spacial score (nSPS) is 10.3. The lowest BCUT2D eigenvalue weighted by molar-refractivity contribution is 0.352. The number of hydrogen-bond acceptors (Lipinski definition) is 4. The minimum atomic E-state index is 0.385. The molecule has 4 N–H and O–H groups in total. The van der Waals surface area contributed by atoms with Crippen molar-refractivity contribution in [3.05, 3.63) is 42.0 Å². The second-order valence-electron chi connectivity index (χ2n) is 4.20. The average molecular weight is 258 g/mol. The first kappa shape index (κ1) is 13.2. The minimum Gasteiger partial charge on any atom is -0.493 e. The van der Waals surface area contributed by atoms with E-state index in [4.69, 9.17) is 20.9 Å². The van der Waals surface area contributed by atoms with Crippen molar-refractivity contribution < 1.29 is 9.47 Å². The van der Waals surface area contributed by atoms with Crippen molar-refractivity contribution in [1.82, 2.24) is 0 Å². The molecule has 4 nitrogen and oxygen atoms in total. The van der Waals surface area contributed by atoms with E-state index in [2.05, 4.69) is 0 Å². The second-order valence-corrected chi connectivity index (χ2v) is 4.20. The molecule has 0 unspecified atom stereocenters.